The SMILES string of the molecule is CC(Cl)c1nc2cccc(Cl)c2n1C1(C)CCCCC1. The Kier molecular flexibility index (Phi) is 3.72. The van der Waals surface area contributed by atoms with Crippen LogP contribution < -0.4 is 0 Å². The van der Waals surface area contributed by atoms with E-state index in [0.29, 0.717) is 0 Å². The standard InChI is InChI=1S/C16H20Cl2N2/c1-11(17)15-19-13-8-6-7-12(18)14(13)20(15)16(2)9-4-3-5-10-16/h6-8,11H,3-5,9-10H2,1-2H3. The first-order valence-electron chi connectivity index (χ1n) is 7.34. The Hall–Kier alpha value is -0.730. The zero-order valence-electron chi connectivity index (χ0n) is 12.0. The Bertz CT molecular complexity index is 625. The van der Waals surface area contributed by atoms with Gasteiger partial charge in [-0.05, 0) is 38.8 Å². The van der Waals surface area contributed by atoms with Crippen LogP contribution in [0.15, 0.2) is 18.2 Å². The highest BCUT2D eigenvalue weighted by Crippen LogP contribution is 2.41. The van der Waals surface area contributed by atoms with Crippen molar-refractivity contribution in [1.82, 2.24) is 9.55 Å². The van der Waals surface area contributed by atoms with E-state index >= 15 is 0 Å². The summed E-state index contributed by atoms with van der Waals surface area (Å²) in [4.78, 5) is 4.74. The lowest BCUT2D eigenvalue weighted by Crippen LogP contribution is -2.34. The Balaban J connectivity index is 2.28. The van der Waals surface area contributed by atoms with Crippen LogP contribution in [0, 0.1) is 0 Å². The number of hydrogen-bond donors (Lipinski definition) is 0. The fraction of sp³-hybridized carbons (Fsp3) is 0.562. The third-order valence-electron chi connectivity index (χ3n) is 4.48. The number of fused-ring (bicyclic) bond motifs is 1. The summed E-state index contributed by atoms with van der Waals surface area (Å²) in [5.41, 5.74) is 2.07. The predicted octanol–water partition coefficient (Wildman–Crippen LogP) is 5.67. The first-order chi connectivity index (χ1) is 9.53. The average molecular weight is 311 g/mol. The van der Waals surface area contributed by atoms with Crippen molar-refractivity contribution in [2.75, 3.05) is 0 Å². The number of hydrogen-bond acceptors (Lipinski definition) is 1. The Labute approximate surface area is 130 Å². The predicted molar refractivity (Wildman–Crippen MR) is 85.7 cm³/mol. The lowest BCUT2D eigenvalue weighted by molar-refractivity contribution is 0.219. The monoisotopic (exact) mass is 310 g/mol. The minimum atomic E-state index is -0.114. The van der Waals surface area contributed by atoms with Gasteiger partial charge in [-0.1, -0.05) is 36.9 Å². The van der Waals surface area contributed by atoms with Crippen LogP contribution in [0.1, 0.15) is 57.2 Å². The van der Waals surface area contributed by atoms with Gasteiger partial charge in [0.15, 0.2) is 0 Å². The number of benzene rings is 1. The Morgan fingerprint density at radius 1 is 1.25 bits per heavy atom. The highest BCUT2D eigenvalue weighted by molar-refractivity contribution is 6.35. The van der Waals surface area contributed by atoms with Gasteiger partial charge >= 0.3 is 0 Å². The van der Waals surface area contributed by atoms with E-state index < -0.39 is 0 Å². The lowest BCUT2D eigenvalue weighted by atomic mass is 9.82. The van der Waals surface area contributed by atoms with Crippen LogP contribution in [0.5, 0.6) is 0 Å². The molecule has 0 radical (unpaired) electrons. The van der Waals surface area contributed by atoms with Crippen LogP contribution in [-0.2, 0) is 5.54 Å². The van der Waals surface area contributed by atoms with Gasteiger partial charge < -0.3 is 4.57 Å². The molecular weight excluding hydrogens is 291 g/mol. The van der Waals surface area contributed by atoms with Crippen LogP contribution in [0.3, 0.4) is 0 Å². The number of aromatic nitrogens is 2. The molecule has 2 nitrogen and oxygen atoms in total. The van der Waals surface area contributed by atoms with Crippen LogP contribution >= 0.6 is 23.2 Å². The highest BCUT2D eigenvalue weighted by atomic mass is 35.5. The first-order valence-corrected chi connectivity index (χ1v) is 8.16. The fourth-order valence-electron chi connectivity index (χ4n) is 3.45. The van der Waals surface area contributed by atoms with Gasteiger partial charge in [0.2, 0.25) is 0 Å². The van der Waals surface area contributed by atoms with Crippen molar-refractivity contribution in [3.05, 3.63) is 29.0 Å². The van der Waals surface area contributed by atoms with Crippen molar-refractivity contribution in [1.29, 1.82) is 0 Å². The molecule has 0 saturated heterocycles. The van der Waals surface area contributed by atoms with E-state index in [1.54, 1.807) is 0 Å². The second kappa shape index (κ2) is 5.23. The molecule has 0 bridgehead atoms. The molecule has 1 aliphatic carbocycles. The molecule has 20 heavy (non-hydrogen) atoms. The number of rotatable bonds is 2. The summed E-state index contributed by atoms with van der Waals surface area (Å²) in [6, 6.07) is 5.91. The molecule has 0 spiro atoms. The summed E-state index contributed by atoms with van der Waals surface area (Å²) in [5, 5.41) is 0.655. The van der Waals surface area contributed by atoms with Gasteiger partial charge in [0.1, 0.15) is 5.82 Å². The summed E-state index contributed by atoms with van der Waals surface area (Å²) in [7, 11) is 0. The molecule has 1 aromatic carbocycles. The van der Waals surface area contributed by atoms with Gasteiger partial charge in [-0.2, -0.15) is 0 Å². The average Bonchev–Trinajstić information content (AvgIpc) is 2.81. The first kappa shape index (κ1) is 14.2. The van der Waals surface area contributed by atoms with Gasteiger partial charge in [-0.3, -0.25) is 0 Å². The number of halogens is 2. The fourth-order valence-corrected chi connectivity index (χ4v) is 3.85. The van der Waals surface area contributed by atoms with Crippen LogP contribution in [0.25, 0.3) is 11.0 Å². The summed E-state index contributed by atoms with van der Waals surface area (Å²) in [6.45, 7) is 4.30. The maximum Gasteiger partial charge on any atom is 0.128 e. The molecule has 1 heterocycles. The van der Waals surface area contributed by atoms with Gasteiger partial charge in [0.05, 0.1) is 21.4 Å². The summed E-state index contributed by atoms with van der Waals surface area (Å²) >= 11 is 12.8. The van der Waals surface area contributed by atoms with Gasteiger partial charge in [-0.15, -0.1) is 11.6 Å². The van der Waals surface area contributed by atoms with E-state index in [1.807, 2.05) is 25.1 Å². The van der Waals surface area contributed by atoms with Crippen molar-refractivity contribution >= 4 is 34.2 Å². The van der Waals surface area contributed by atoms with E-state index in [2.05, 4.69) is 11.5 Å². The molecule has 1 unspecified atom stereocenters. The molecule has 0 N–H and O–H groups in total. The second-order valence-electron chi connectivity index (χ2n) is 6.09. The summed E-state index contributed by atoms with van der Waals surface area (Å²) in [5.74, 6) is 0.944. The molecule has 1 saturated carbocycles. The molecule has 1 fully saturated rings. The topological polar surface area (TPSA) is 17.8 Å². The van der Waals surface area contributed by atoms with Crippen molar-refractivity contribution in [3.63, 3.8) is 0 Å². The third-order valence-corrected chi connectivity index (χ3v) is 4.98. The lowest BCUT2D eigenvalue weighted by Gasteiger charge is -2.37. The zero-order valence-corrected chi connectivity index (χ0v) is 13.5. The van der Waals surface area contributed by atoms with Gasteiger partial charge in [0.25, 0.3) is 0 Å². The van der Waals surface area contributed by atoms with E-state index in [9.17, 15) is 0 Å². The van der Waals surface area contributed by atoms with E-state index in [1.165, 1.54) is 32.1 Å². The molecule has 1 atom stereocenters. The minimum Gasteiger partial charge on any atom is -0.320 e. The normalized spacial score (nSPS) is 20.2. The number of para-hydroxylation sites is 1. The quantitative estimate of drug-likeness (QED) is 0.653. The minimum absolute atomic E-state index is 0.0798. The molecule has 1 aromatic heterocycles. The van der Waals surface area contributed by atoms with Gasteiger partial charge in [0, 0.05) is 5.54 Å². The molecule has 0 amide bonds. The van der Waals surface area contributed by atoms with E-state index in [0.717, 1.165) is 21.9 Å². The van der Waals surface area contributed by atoms with Crippen LogP contribution in [0.4, 0.5) is 0 Å². The Morgan fingerprint density at radius 2 is 1.95 bits per heavy atom. The highest BCUT2D eigenvalue weighted by Gasteiger charge is 2.33. The van der Waals surface area contributed by atoms with E-state index in [-0.39, 0.29) is 10.9 Å². The number of nitrogens with zero attached hydrogens (tertiary/aromatic N) is 2. The molecule has 108 valence electrons. The van der Waals surface area contributed by atoms with Crippen molar-refractivity contribution in [2.45, 2.75) is 56.9 Å². The summed E-state index contributed by atoms with van der Waals surface area (Å²) < 4.78 is 2.32. The maximum absolute atomic E-state index is 6.46. The Morgan fingerprint density at radius 3 is 2.60 bits per heavy atom. The van der Waals surface area contributed by atoms with Crippen LogP contribution in [0.2, 0.25) is 5.02 Å². The summed E-state index contributed by atoms with van der Waals surface area (Å²) in [6.07, 6.45) is 6.18. The smallest absolute Gasteiger partial charge is 0.128 e. The van der Waals surface area contributed by atoms with Crippen LogP contribution in [-0.4, -0.2) is 9.55 Å². The maximum atomic E-state index is 6.46. The molecule has 2 aromatic rings. The molecule has 0 aliphatic heterocycles. The van der Waals surface area contributed by atoms with E-state index in [4.69, 9.17) is 28.2 Å². The molecule has 1 aliphatic rings. The van der Waals surface area contributed by atoms with Gasteiger partial charge in [-0.25, -0.2) is 4.98 Å². The molecule has 3 rings (SSSR count). The number of alkyl halides is 1. The zero-order chi connectivity index (χ0) is 14.3. The number of imidazole rings is 1. The third kappa shape index (κ3) is 2.23. The second-order valence-corrected chi connectivity index (χ2v) is 7.15. The molecular formula is C16H20Cl2N2. The van der Waals surface area contributed by atoms with Crippen molar-refractivity contribution in [3.8, 4) is 0 Å². The van der Waals surface area contributed by atoms with Crippen molar-refractivity contribution < 1.29 is 0 Å². The largest absolute Gasteiger partial charge is 0.320 e. The molecule has 4 heteroatoms. The van der Waals surface area contributed by atoms with Crippen molar-refractivity contribution in [2.24, 2.45) is 0 Å².